The number of unbranched alkanes of at least 4 members (excludes halogenated alkanes) is 1. The summed E-state index contributed by atoms with van der Waals surface area (Å²) in [5.74, 6) is 0.169. The van der Waals surface area contributed by atoms with Gasteiger partial charge in [0.25, 0.3) is 0 Å². The summed E-state index contributed by atoms with van der Waals surface area (Å²) in [4.78, 5) is 35.5. The minimum atomic E-state index is -2.63. The van der Waals surface area contributed by atoms with Crippen molar-refractivity contribution in [3.63, 3.8) is 0 Å². The standard InChI is InChI=1S/C26H50N2O11Si2/c1-32-40(33-2,34-3)22-14-18-27-25(30)38-20-12-8-7-10-16-24(29)17-11-9-13-21-39-26(31)28-19-15-23-41(35-4,36-5)37-6/h8-9,12-13H,7,10-11,14-23H2,1-6H3,(H,27,30)(H,28,31). The number of ether oxygens (including phenoxy) is 2. The summed E-state index contributed by atoms with van der Waals surface area (Å²) in [6, 6.07) is 1.17. The zero-order valence-corrected chi connectivity index (χ0v) is 27.5. The number of alkyl carbamates (subject to hydrolysis) is 2. The monoisotopic (exact) mass is 622 g/mol. The Labute approximate surface area is 246 Å². The number of amides is 2. The molecule has 0 aromatic heterocycles. The van der Waals surface area contributed by atoms with Gasteiger partial charge in [-0.15, -0.1) is 0 Å². The van der Waals surface area contributed by atoms with Crippen LogP contribution in [0.3, 0.4) is 0 Å². The van der Waals surface area contributed by atoms with Crippen molar-refractivity contribution in [2.24, 2.45) is 0 Å². The van der Waals surface area contributed by atoms with Gasteiger partial charge in [-0.3, -0.25) is 4.79 Å². The lowest BCUT2D eigenvalue weighted by molar-refractivity contribution is -0.119. The molecule has 0 aliphatic heterocycles. The molecule has 0 aliphatic rings. The minimum Gasteiger partial charge on any atom is -0.445 e. The van der Waals surface area contributed by atoms with E-state index in [1.165, 1.54) is 0 Å². The number of carbonyl (C=O) groups excluding carboxylic acids is 3. The van der Waals surface area contributed by atoms with Crippen LogP contribution in [0.25, 0.3) is 0 Å². The number of nitrogens with one attached hydrogen (secondary N) is 2. The highest BCUT2D eigenvalue weighted by Gasteiger charge is 2.37. The lowest BCUT2D eigenvalue weighted by atomic mass is 10.1. The van der Waals surface area contributed by atoms with Crippen LogP contribution < -0.4 is 10.6 Å². The fourth-order valence-electron chi connectivity index (χ4n) is 3.61. The van der Waals surface area contributed by atoms with Crippen LogP contribution in [0.5, 0.6) is 0 Å². The number of rotatable bonds is 25. The van der Waals surface area contributed by atoms with Crippen molar-refractivity contribution < 1.29 is 50.4 Å². The second kappa shape index (κ2) is 24.5. The van der Waals surface area contributed by atoms with Crippen LogP contribution in [-0.4, -0.2) is 105 Å². The van der Waals surface area contributed by atoms with Crippen molar-refractivity contribution in [2.45, 2.75) is 57.0 Å². The van der Waals surface area contributed by atoms with Gasteiger partial charge in [-0.05, 0) is 32.1 Å². The molecule has 0 aliphatic carbocycles. The van der Waals surface area contributed by atoms with Crippen LogP contribution in [0.4, 0.5) is 9.59 Å². The van der Waals surface area contributed by atoms with E-state index in [1.807, 2.05) is 12.2 Å². The van der Waals surface area contributed by atoms with E-state index >= 15 is 0 Å². The van der Waals surface area contributed by atoms with E-state index in [0.717, 1.165) is 12.8 Å². The molecule has 0 aromatic rings. The van der Waals surface area contributed by atoms with Crippen LogP contribution in [-0.2, 0) is 40.8 Å². The molecule has 0 radical (unpaired) electrons. The summed E-state index contributed by atoms with van der Waals surface area (Å²) >= 11 is 0. The summed E-state index contributed by atoms with van der Waals surface area (Å²) in [5.41, 5.74) is 0. The Morgan fingerprint density at radius 1 is 0.561 bits per heavy atom. The third-order valence-electron chi connectivity index (χ3n) is 6.10. The van der Waals surface area contributed by atoms with Gasteiger partial charge >= 0.3 is 29.8 Å². The first kappa shape index (κ1) is 38.9. The van der Waals surface area contributed by atoms with Gasteiger partial charge in [-0.1, -0.05) is 24.3 Å². The second-order valence-electron chi connectivity index (χ2n) is 8.76. The molecule has 13 nitrogen and oxygen atoms in total. The highest BCUT2D eigenvalue weighted by atomic mass is 28.4. The highest BCUT2D eigenvalue weighted by Crippen LogP contribution is 2.15. The largest absolute Gasteiger partial charge is 0.500 e. The lowest BCUT2D eigenvalue weighted by Crippen LogP contribution is -2.43. The van der Waals surface area contributed by atoms with Gasteiger partial charge in [-0.2, -0.15) is 0 Å². The van der Waals surface area contributed by atoms with Gasteiger partial charge in [0.1, 0.15) is 19.0 Å². The molecule has 0 fully saturated rings. The molecule has 0 unspecified atom stereocenters. The quantitative estimate of drug-likeness (QED) is 0.0874. The topological polar surface area (TPSA) is 149 Å². The number of allylic oxidation sites excluding steroid dienone is 2. The molecule has 0 saturated heterocycles. The summed E-state index contributed by atoms with van der Waals surface area (Å²) in [5, 5.41) is 5.34. The smallest absolute Gasteiger partial charge is 0.445 e. The van der Waals surface area contributed by atoms with Crippen LogP contribution >= 0.6 is 0 Å². The van der Waals surface area contributed by atoms with E-state index in [2.05, 4.69) is 10.6 Å². The number of hydrogen-bond donors (Lipinski definition) is 2. The van der Waals surface area contributed by atoms with Gasteiger partial charge in [-0.25, -0.2) is 9.59 Å². The van der Waals surface area contributed by atoms with Crippen molar-refractivity contribution in [2.75, 3.05) is 69.0 Å². The molecule has 0 bridgehead atoms. The van der Waals surface area contributed by atoms with E-state index in [4.69, 9.17) is 36.0 Å². The number of hydrogen-bond acceptors (Lipinski definition) is 11. The van der Waals surface area contributed by atoms with E-state index in [0.29, 0.717) is 57.3 Å². The van der Waals surface area contributed by atoms with Crippen LogP contribution in [0.1, 0.15) is 44.9 Å². The Morgan fingerprint density at radius 3 is 1.39 bits per heavy atom. The molecular weight excluding hydrogens is 572 g/mol. The van der Waals surface area contributed by atoms with Gasteiger partial charge in [0.05, 0.1) is 0 Å². The third-order valence-corrected chi connectivity index (χ3v) is 11.8. The van der Waals surface area contributed by atoms with E-state index in [9.17, 15) is 14.4 Å². The maximum absolute atomic E-state index is 12.0. The van der Waals surface area contributed by atoms with Crippen molar-refractivity contribution in [3.8, 4) is 0 Å². The Morgan fingerprint density at radius 2 is 0.976 bits per heavy atom. The summed E-state index contributed by atoms with van der Waals surface area (Å²) in [7, 11) is 4.03. The molecule has 2 amide bonds. The summed E-state index contributed by atoms with van der Waals surface area (Å²) in [6.45, 7) is 1.14. The van der Waals surface area contributed by atoms with Crippen molar-refractivity contribution >= 4 is 35.6 Å². The molecule has 0 spiro atoms. The van der Waals surface area contributed by atoms with E-state index in [1.54, 1.807) is 54.8 Å². The Balaban J connectivity index is 3.76. The van der Waals surface area contributed by atoms with Gasteiger partial charge < -0.3 is 46.7 Å². The Bertz CT molecular complexity index is 760. The van der Waals surface area contributed by atoms with Gasteiger partial charge in [0, 0.05) is 80.7 Å². The summed E-state index contributed by atoms with van der Waals surface area (Å²) in [6.07, 6.45) is 10.4. The molecule has 41 heavy (non-hydrogen) atoms. The zero-order chi connectivity index (χ0) is 30.8. The fourth-order valence-corrected chi connectivity index (χ4v) is 7.06. The molecule has 0 heterocycles. The third kappa shape index (κ3) is 18.8. The predicted molar refractivity (Wildman–Crippen MR) is 157 cm³/mol. The van der Waals surface area contributed by atoms with Gasteiger partial charge in [0.2, 0.25) is 0 Å². The SMILES string of the molecule is CO[Si](CCCNC(=O)OCC=CCCCC(=O)CCC=CCOC(=O)NCCC[Si](OC)(OC)OC)(OC)OC. The molecule has 0 saturated carbocycles. The number of Topliss-reactive ketones (excluding diaryl/α,β-unsaturated/α-hetero) is 1. The maximum atomic E-state index is 12.0. The molecule has 2 N–H and O–H groups in total. The normalized spacial score (nSPS) is 12.1. The summed E-state index contributed by atoms with van der Waals surface area (Å²) < 4.78 is 42.1. The van der Waals surface area contributed by atoms with E-state index in [-0.39, 0.29) is 19.0 Å². The molecule has 0 atom stereocenters. The Hall–Kier alpha value is -2.12. The predicted octanol–water partition coefficient (Wildman–Crippen LogP) is 3.61. The molecular formula is C26H50N2O11Si2. The van der Waals surface area contributed by atoms with Crippen molar-refractivity contribution in [1.82, 2.24) is 10.6 Å². The van der Waals surface area contributed by atoms with Crippen molar-refractivity contribution in [1.29, 1.82) is 0 Å². The Kier molecular flexibility index (Phi) is 23.2. The first-order chi connectivity index (χ1) is 19.8. The van der Waals surface area contributed by atoms with Crippen LogP contribution in [0.15, 0.2) is 24.3 Å². The molecule has 15 heteroatoms. The van der Waals surface area contributed by atoms with Crippen LogP contribution in [0, 0.1) is 0 Å². The maximum Gasteiger partial charge on any atom is 0.500 e. The molecule has 238 valence electrons. The minimum absolute atomic E-state index is 0.134. The first-order valence-electron chi connectivity index (χ1n) is 13.7. The van der Waals surface area contributed by atoms with Crippen LogP contribution in [0.2, 0.25) is 12.1 Å². The second-order valence-corrected chi connectivity index (χ2v) is 14.9. The highest BCUT2D eigenvalue weighted by molar-refractivity contribution is 6.60. The van der Waals surface area contributed by atoms with Gasteiger partial charge in [0.15, 0.2) is 0 Å². The number of carbonyl (C=O) groups is 3. The number of ketones is 1. The average molecular weight is 623 g/mol. The molecule has 0 aromatic carbocycles. The fraction of sp³-hybridized carbons (Fsp3) is 0.731. The lowest BCUT2D eigenvalue weighted by Gasteiger charge is -2.24. The van der Waals surface area contributed by atoms with E-state index < -0.39 is 29.8 Å². The zero-order valence-electron chi connectivity index (χ0n) is 25.5. The van der Waals surface area contributed by atoms with Crippen molar-refractivity contribution in [3.05, 3.63) is 24.3 Å². The molecule has 0 rings (SSSR count). The average Bonchev–Trinajstić information content (AvgIpc) is 2.99. The first-order valence-corrected chi connectivity index (χ1v) is 17.6.